The zero-order valence-corrected chi connectivity index (χ0v) is 14.1. The van der Waals surface area contributed by atoms with Gasteiger partial charge in [0.1, 0.15) is 11.4 Å². The molecule has 6 heteroatoms. The van der Waals surface area contributed by atoms with Crippen molar-refractivity contribution >= 4 is 17.6 Å². The number of carbonyl (C=O) groups excluding carboxylic acids is 1. The van der Waals surface area contributed by atoms with Crippen LogP contribution in [0.25, 0.3) is 11.3 Å². The summed E-state index contributed by atoms with van der Waals surface area (Å²) in [7, 11) is 3.33. The Morgan fingerprint density at radius 2 is 1.95 bits per heavy atom. The Kier molecular flexibility index (Phi) is 4.47. The third-order valence-corrected chi connectivity index (χ3v) is 3.16. The lowest BCUT2D eigenvalue weighted by atomic mass is 10.1. The molecule has 5 nitrogen and oxygen atoms in total. The molecule has 0 aliphatic rings. The Morgan fingerprint density at radius 1 is 1.27 bits per heavy atom. The van der Waals surface area contributed by atoms with Gasteiger partial charge in [0.25, 0.3) is 0 Å². The van der Waals surface area contributed by atoms with Gasteiger partial charge >= 0.3 is 5.97 Å². The monoisotopic (exact) mass is 322 g/mol. The molecule has 22 heavy (non-hydrogen) atoms. The summed E-state index contributed by atoms with van der Waals surface area (Å²) < 4.78 is 12.3. The van der Waals surface area contributed by atoms with Crippen molar-refractivity contribution in [3.05, 3.63) is 35.0 Å². The maximum absolute atomic E-state index is 12.1. The minimum atomic E-state index is -0.567. The number of aromatic nitrogens is 2. The molecule has 1 aromatic heterocycles. The molecule has 0 saturated heterocycles. The summed E-state index contributed by atoms with van der Waals surface area (Å²) in [5.41, 5.74) is 1.16. The number of halogens is 1. The molecule has 0 amide bonds. The van der Waals surface area contributed by atoms with E-state index in [0.717, 1.165) is 11.3 Å². The van der Waals surface area contributed by atoms with Gasteiger partial charge in [-0.25, -0.2) is 4.79 Å². The van der Waals surface area contributed by atoms with Gasteiger partial charge in [0.05, 0.1) is 12.8 Å². The molecule has 1 heterocycles. The van der Waals surface area contributed by atoms with Gasteiger partial charge in [-0.2, -0.15) is 5.10 Å². The number of benzene rings is 1. The van der Waals surface area contributed by atoms with Crippen LogP contribution < -0.4 is 4.74 Å². The van der Waals surface area contributed by atoms with E-state index >= 15 is 0 Å². The molecular weight excluding hydrogens is 304 g/mol. The van der Waals surface area contributed by atoms with Crippen molar-refractivity contribution in [1.29, 1.82) is 0 Å². The fourth-order valence-electron chi connectivity index (χ4n) is 2.03. The lowest BCUT2D eigenvalue weighted by molar-refractivity contribution is 0.00620. The van der Waals surface area contributed by atoms with E-state index in [1.165, 1.54) is 0 Å². The molecule has 2 rings (SSSR count). The van der Waals surface area contributed by atoms with Crippen LogP contribution in [0.4, 0.5) is 0 Å². The van der Waals surface area contributed by atoms with Gasteiger partial charge in [-0.1, -0.05) is 11.6 Å². The van der Waals surface area contributed by atoms with Crippen molar-refractivity contribution in [2.75, 3.05) is 7.11 Å². The van der Waals surface area contributed by atoms with Crippen LogP contribution in [0.5, 0.6) is 5.75 Å². The second-order valence-corrected chi connectivity index (χ2v) is 6.32. The normalized spacial score (nSPS) is 11.4. The number of methoxy groups -OCH3 is 1. The van der Waals surface area contributed by atoms with Crippen LogP contribution in [0.1, 0.15) is 31.3 Å². The number of esters is 1. The number of rotatable bonds is 3. The molecule has 0 saturated carbocycles. The number of nitrogens with zero attached hydrogens (tertiary/aromatic N) is 2. The van der Waals surface area contributed by atoms with Crippen molar-refractivity contribution < 1.29 is 14.3 Å². The van der Waals surface area contributed by atoms with E-state index in [1.54, 1.807) is 43.1 Å². The summed E-state index contributed by atoms with van der Waals surface area (Å²) >= 11 is 6.06. The van der Waals surface area contributed by atoms with Crippen LogP contribution in [-0.4, -0.2) is 28.5 Å². The summed E-state index contributed by atoms with van der Waals surface area (Å²) in [6, 6.07) is 6.96. The first-order valence-electron chi connectivity index (χ1n) is 6.82. The van der Waals surface area contributed by atoms with Gasteiger partial charge in [0.2, 0.25) is 0 Å². The minimum absolute atomic E-state index is 0.245. The van der Waals surface area contributed by atoms with Gasteiger partial charge in [-0.15, -0.1) is 0 Å². The Balaban J connectivity index is 2.43. The highest BCUT2D eigenvalue weighted by molar-refractivity contribution is 6.31. The van der Waals surface area contributed by atoms with E-state index in [-0.39, 0.29) is 5.69 Å². The Bertz CT molecular complexity index is 702. The maximum Gasteiger partial charge on any atom is 0.359 e. The topological polar surface area (TPSA) is 53.4 Å². The summed E-state index contributed by atoms with van der Waals surface area (Å²) in [5.74, 6) is 0.193. The quantitative estimate of drug-likeness (QED) is 0.808. The highest BCUT2D eigenvalue weighted by Gasteiger charge is 2.22. The van der Waals surface area contributed by atoms with Crippen LogP contribution in [0, 0.1) is 0 Å². The van der Waals surface area contributed by atoms with Crippen LogP contribution in [-0.2, 0) is 11.8 Å². The third kappa shape index (κ3) is 3.60. The predicted molar refractivity (Wildman–Crippen MR) is 85.4 cm³/mol. The number of aryl methyl sites for hydroxylation is 1. The number of hydrogen-bond donors (Lipinski definition) is 0. The van der Waals surface area contributed by atoms with E-state index in [0.29, 0.717) is 10.8 Å². The third-order valence-electron chi connectivity index (χ3n) is 2.93. The van der Waals surface area contributed by atoms with E-state index in [4.69, 9.17) is 21.1 Å². The zero-order valence-electron chi connectivity index (χ0n) is 13.3. The molecule has 0 spiro atoms. The van der Waals surface area contributed by atoms with Crippen LogP contribution in [0.15, 0.2) is 24.3 Å². The molecule has 0 fully saturated rings. The molecule has 0 radical (unpaired) electrons. The summed E-state index contributed by atoms with van der Waals surface area (Å²) in [5, 5.41) is 4.80. The van der Waals surface area contributed by atoms with Crippen LogP contribution in [0.3, 0.4) is 0 Å². The molecule has 0 aliphatic carbocycles. The Morgan fingerprint density at radius 3 is 2.55 bits per heavy atom. The molecule has 0 atom stereocenters. The van der Waals surface area contributed by atoms with Crippen molar-refractivity contribution in [1.82, 2.24) is 9.78 Å². The molecule has 0 bridgehead atoms. The summed E-state index contributed by atoms with van der Waals surface area (Å²) in [6.07, 6.45) is 0. The fraction of sp³-hybridized carbons (Fsp3) is 0.375. The first kappa shape index (κ1) is 16.4. The van der Waals surface area contributed by atoms with Gasteiger partial charge in [0, 0.05) is 17.6 Å². The van der Waals surface area contributed by atoms with Crippen molar-refractivity contribution in [2.45, 2.75) is 26.4 Å². The fourth-order valence-corrected chi connectivity index (χ4v) is 2.20. The van der Waals surface area contributed by atoms with E-state index in [9.17, 15) is 4.79 Å². The van der Waals surface area contributed by atoms with E-state index in [1.807, 2.05) is 20.8 Å². The van der Waals surface area contributed by atoms with Gasteiger partial charge < -0.3 is 9.47 Å². The number of hydrogen-bond acceptors (Lipinski definition) is 4. The minimum Gasteiger partial charge on any atom is -0.496 e. The maximum atomic E-state index is 12.1. The van der Waals surface area contributed by atoms with Crippen LogP contribution in [0.2, 0.25) is 5.02 Å². The first-order valence-corrected chi connectivity index (χ1v) is 7.20. The molecule has 0 aliphatic heterocycles. The standard InChI is InChI=1S/C16H19ClN2O3/c1-16(2,3)22-15(20)12-9-13(19(4)18-12)11-8-10(17)6-7-14(11)21-5/h6-9H,1-5H3. The zero-order chi connectivity index (χ0) is 16.5. The highest BCUT2D eigenvalue weighted by Crippen LogP contribution is 2.32. The second kappa shape index (κ2) is 6.01. The number of carbonyl (C=O) groups is 1. The van der Waals surface area contributed by atoms with Crippen molar-refractivity contribution in [3.8, 4) is 17.0 Å². The lowest BCUT2D eigenvalue weighted by Crippen LogP contribution is -2.24. The Hall–Kier alpha value is -2.01. The average Bonchev–Trinajstić information content (AvgIpc) is 2.79. The van der Waals surface area contributed by atoms with Crippen LogP contribution >= 0.6 is 11.6 Å². The SMILES string of the molecule is COc1ccc(Cl)cc1-c1cc(C(=O)OC(C)(C)C)nn1C. The van der Waals surface area contributed by atoms with Gasteiger partial charge in [-0.05, 0) is 45.0 Å². The first-order chi connectivity index (χ1) is 10.2. The summed E-state index contributed by atoms with van der Waals surface area (Å²) in [6.45, 7) is 5.44. The second-order valence-electron chi connectivity index (χ2n) is 5.88. The average molecular weight is 323 g/mol. The predicted octanol–water partition coefficient (Wildman–Crippen LogP) is 3.70. The smallest absolute Gasteiger partial charge is 0.359 e. The van der Waals surface area contributed by atoms with E-state index in [2.05, 4.69) is 5.10 Å². The van der Waals surface area contributed by atoms with Gasteiger partial charge in [-0.3, -0.25) is 4.68 Å². The summed E-state index contributed by atoms with van der Waals surface area (Å²) in [4.78, 5) is 12.1. The molecule has 2 aromatic rings. The van der Waals surface area contributed by atoms with E-state index < -0.39 is 11.6 Å². The molecule has 0 unspecified atom stereocenters. The molecular formula is C16H19ClN2O3. The molecule has 118 valence electrons. The largest absolute Gasteiger partial charge is 0.496 e. The number of ether oxygens (including phenoxy) is 2. The Labute approximate surface area is 134 Å². The molecule has 0 N–H and O–H groups in total. The van der Waals surface area contributed by atoms with Crippen molar-refractivity contribution in [2.24, 2.45) is 7.05 Å². The lowest BCUT2D eigenvalue weighted by Gasteiger charge is -2.18. The van der Waals surface area contributed by atoms with Crippen molar-refractivity contribution in [3.63, 3.8) is 0 Å². The molecule has 1 aromatic carbocycles. The highest BCUT2D eigenvalue weighted by atomic mass is 35.5. The van der Waals surface area contributed by atoms with Gasteiger partial charge in [0.15, 0.2) is 5.69 Å².